The Kier molecular flexibility index (Phi) is 4.60. The van der Waals surface area contributed by atoms with Crippen LogP contribution in [-0.2, 0) is 16.4 Å². The molecule has 1 fully saturated rings. The third-order valence-electron chi connectivity index (χ3n) is 3.02. The lowest BCUT2D eigenvalue weighted by molar-refractivity contribution is 0.583. The van der Waals surface area contributed by atoms with Crippen LogP contribution in [-0.4, -0.2) is 43.1 Å². The second kappa shape index (κ2) is 5.87. The standard InChI is InChI=1S/C11H16ClN3O2S2/c1-19(16,17)9-7-18-5-4-15(9)11-10(12)8(6-13)2-3-14-11/h2-3,9H,4-7,13H2,1H3. The predicted octanol–water partition coefficient (Wildman–Crippen LogP) is 1.12. The lowest BCUT2D eigenvalue weighted by Gasteiger charge is -2.35. The van der Waals surface area contributed by atoms with Crippen molar-refractivity contribution in [3.05, 3.63) is 22.8 Å². The first kappa shape index (κ1) is 14.9. The minimum atomic E-state index is -3.18. The number of anilines is 1. The third kappa shape index (κ3) is 3.16. The molecule has 5 nitrogen and oxygen atoms in total. The predicted molar refractivity (Wildman–Crippen MR) is 80.4 cm³/mol. The van der Waals surface area contributed by atoms with Crippen molar-refractivity contribution in [1.29, 1.82) is 0 Å². The fourth-order valence-electron chi connectivity index (χ4n) is 2.01. The van der Waals surface area contributed by atoms with E-state index in [1.165, 1.54) is 6.26 Å². The molecular formula is C11H16ClN3O2S2. The molecule has 1 saturated heterocycles. The fraction of sp³-hybridized carbons (Fsp3) is 0.545. The second-order valence-corrected chi connectivity index (χ2v) is 8.10. The highest BCUT2D eigenvalue weighted by Crippen LogP contribution is 2.32. The first-order valence-electron chi connectivity index (χ1n) is 5.82. The molecule has 0 aromatic carbocycles. The van der Waals surface area contributed by atoms with Crippen LogP contribution in [0.4, 0.5) is 5.82 Å². The minimum absolute atomic E-state index is 0.306. The SMILES string of the molecule is CS(=O)(=O)C1CSCCN1c1nccc(CN)c1Cl. The van der Waals surface area contributed by atoms with Crippen molar-refractivity contribution in [1.82, 2.24) is 4.98 Å². The van der Waals surface area contributed by atoms with Crippen LogP contribution in [0.1, 0.15) is 5.56 Å². The van der Waals surface area contributed by atoms with E-state index in [1.54, 1.807) is 28.9 Å². The van der Waals surface area contributed by atoms with Gasteiger partial charge in [0.2, 0.25) is 0 Å². The van der Waals surface area contributed by atoms with E-state index in [9.17, 15) is 8.42 Å². The van der Waals surface area contributed by atoms with Crippen molar-refractivity contribution in [3.63, 3.8) is 0 Å². The van der Waals surface area contributed by atoms with Gasteiger partial charge in [-0.25, -0.2) is 13.4 Å². The Hall–Kier alpha value is -0.500. The van der Waals surface area contributed by atoms with Gasteiger partial charge in [0.05, 0.1) is 5.02 Å². The Balaban J connectivity index is 2.44. The topological polar surface area (TPSA) is 76.3 Å². The molecule has 1 unspecified atom stereocenters. The Labute approximate surface area is 122 Å². The van der Waals surface area contributed by atoms with Gasteiger partial charge in [0.15, 0.2) is 9.84 Å². The summed E-state index contributed by atoms with van der Waals surface area (Å²) in [6.45, 7) is 0.920. The summed E-state index contributed by atoms with van der Waals surface area (Å²) in [4.78, 5) is 6.01. The van der Waals surface area contributed by atoms with Gasteiger partial charge in [-0.3, -0.25) is 0 Å². The van der Waals surface area contributed by atoms with E-state index < -0.39 is 15.2 Å². The van der Waals surface area contributed by atoms with Crippen LogP contribution < -0.4 is 10.6 Å². The van der Waals surface area contributed by atoms with Crippen LogP contribution in [0.5, 0.6) is 0 Å². The first-order chi connectivity index (χ1) is 8.95. The highest BCUT2D eigenvalue weighted by molar-refractivity contribution is 8.01. The monoisotopic (exact) mass is 321 g/mol. The zero-order valence-corrected chi connectivity index (χ0v) is 12.9. The summed E-state index contributed by atoms with van der Waals surface area (Å²) in [6.07, 6.45) is 2.86. The van der Waals surface area contributed by atoms with E-state index in [2.05, 4.69) is 4.98 Å². The van der Waals surface area contributed by atoms with E-state index in [1.807, 2.05) is 0 Å². The van der Waals surface area contributed by atoms with Gasteiger partial charge >= 0.3 is 0 Å². The maximum atomic E-state index is 11.9. The molecule has 19 heavy (non-hydrogen) atoms. The summed E-state index contributed by atoms with van der Waals surface area (Å²) in [5, 5.41) is -0.130. The maximum Gasteiger partial charge on any atom is 0.169 e. The van der Waals surface area contributed by atoms with Crippen molar-refractivity contribution in [2.24, 2.45) is 5.73 Å². The molecule has 106 valence electrons. The Morgan fingerprint density at radius 3 is 3.00 bits per heavy atom. The van der Waals surface area contributed by atoms with Gasteiger partial charge in [0.1, 0.15) is 11.2 Å². The Morgan fingerprint density at radius 2 is 2.37 bits per heavy atom. The fourth-order valence-corrected chi connectivity index (χ4v) is 5.12. The molecule has 2 heterocycles. The van der Waals surface area contributed by atoms with E-state index in [0.29, 0.717) is 29.7 Å². The van der Waals surface area contributed by atoms with Gasteiger partial charge < -0.3 is 10.6 Å². The number of thioether (sulfide) groups is 1. The van der Waals surface area contributed by atoms with E-state index in [-0.39, 0.29) is 0 Å². The number of rotatable bonds is 3. The Morgan fingerprint density at radius 1 is 1.63 bits per heavy atom. The molecule has 0 radical (unpaired) electrons. The molecule has 2 rings (SSSR count). The number of aromatic nitrogens is 1. The molecule has 8 heteroatoms. The summed E-state index contributed by atoms with van der Waals surface area (Å²) in [7, 11) is -3.18. The van der Waals surface area contributed by atoms with Gasteiger partial charge in [-0.15, -0.1) is 0 Å². The highest BCUT2D eigenvalue weighted by atomic mass is 35.5. The summed E-state index contributed by atoms with van der Waals surface area (Å²) in [5.74, 6) is 1.90. The molecule has 1 aromatic rings. The molecule has 0 spiro atoms. The van der Waals surface area contributed by atoms with Crippen LogP contribution in [0.25, 0.3) is 0 Å². The first-order valence-corrected chi connectivity index (χ1v) is 9.30. The number of halogens is 1. The number of nitrogens with two attached hydrogens (primary N) is 1. The molecular weight excluding hydrogens is 306 g/mol. The van der Waals surface area contributed by atoms with E-state index in [0.717, 1.165) is 11.3 Å². The number of nitrogens with zero attached hydrogens (tertiary/aromatic N) is 2. The number of sulfone groups is 1. The molecule has 0 saturated carbocycles. The molecule has 1 aliphatic heterocycles. The van der Waals surface area contributed by atoms with Gasteiger partial charge in [-0.1, -0.05) is 11.6 Å². The summed E-state index contributed by atoms with van der Waals surface area (Å²) in [6, 6.07) is 1.75. The minimum Gasteiger partial charge on any atom is -0.337 e. The quantitative estimate of drug-likeness (QED) is 0.899. The second-order valence-electron chi connectivity index (χ2n) is 4.36. The molecule has 0 bridgehead atoms. The van der Waals surface area contributed by atoms with Crippen molar-refractivity contribution < 1.29 is 8.42 Å². The van der Waals surface area contributed by atoms with Crippen molar-refractivity contribution >= 4 is 39.0 Å². The molecule has 1 aliphatic rings. The van der Waals surface area contributed by atoms with Crippen LogP contribution in [0.15, 0.2) is 12.3 Å². The summed E-state index contributed by atoms with van der Waals surface area (Å²) in [5.41, 5.74) is 6.39. The normalized spacial score (nSPS) is 20.6. The highest BCUT2D eigenvalue weighted by Gasteiger charge is 2.33. The molecule has 2 N–H and O–H groups in total. The molecule has 1 atom stereocenters. The lowest BCUT2D eigenvalue weighted by atomic mass is 10.2. The molecule has 0 amide bonds. The van der Waals surface area contributed by atoms with Crippen LogP contribution in [0, 0.1) is 0 Å². The average molecular weight is 322 g/mol. The van der Waals surface area contributed by atoms with Gasteiger partial charge in [0, 0.05) is 37.0 Å². The van der Waals surface area contributed by atoms with Crippen LogP contribution >= 0.6 is 23.4 Å². The largest absolute Gasteiger partial charge is 0.337 e. The lowest BCUT2D eigenvalue weighted by Crippen LogP contribution is -2.47. The van der Waals surface area contributed by atoms with Gasteiger partial charge in [-0.2, -0.15) is 11.8 Å². The number of hydrogen-bond acceptors (Lipinski definition) is 6. The summed E-state index contributed by atoms with van der Waals surface area (Å²) >= 11 is 7.90. The zero-order valence-electron chi connectivity index (χ0n) is 10.5. The van der Waals surface area contributed by atoms with Gasteiger partial charge in [-0.05, 0) is 11.6 Å². The van der Waals surface area contributed by atoms with Crippen LogP contribution in [0.3, 0.4) is 0 Å². The Bertz CT molecular complexity index is 565. The summed E-state index contributed by atoms with van der Waals surface area (Å²) < 4.78 is 23.8. The average Bonchev–Trinajstić information content (AvgIpc) is 2.38. The smallest absolute Gasteiger partial charge is 0.169 e. The van der Waals surface area contributed by atoms with Crippen molar-refractivity contribution in [2.75, 3.05) is 29.2 Å². The van der Waals surface area contributed by atoms with E-state index in [4.69, 9.17) is 17.3 Å². The van der Waals surface area contributed by atoms with E-state index >= 15 is 0 Å². The number of hydrogen-bond donors (Lipinski definition) is 1. The van der Waals surface area contributed by atoms with Crippen LogP contribution in [0.2, 0.25) is 5.02 Å². The third-order valence-corrected chi connectivity index (χ3v) is 6.08. The number of pyridine rings is 1. The zero-order chi connectivity index (χ0) is 14.0. The molecule has 1 aromatic heterocycles. The maximum absolute atomic E-state index is 11.9. The van der Waals surface area contributed by atoms with Crippen molar-refractivity contribution in [2.45, 2.75) is 11.9 Å². The van der Waals surface area contributed by atoms with Crippen molar-refractivity contribution in [3.8, 4) is 0 Å². The van der Waals surface area contributed by atoms with Gasteiger partial charge in [0.25, 0.3) is 0 Å². The molecule has 0 aliphatic carbocycles.